The molecule has 1 unspecified atom stereocenters. The lowest BCUT2D eigenvalue weighted by atomic mass is 9.90. The number of aliphatic hydroxyl groups is 1. The lowest BCUT2D eigenvalue weighted by molar-refractivity contribution is -0.155. The highest BCUT2D eigenvalue weighted by Crippen LogP contribution is 2.30. The molecule has 16 N–H and O–H groups in total. The molecule has 0 spiro atoms. The Morgan fingerprint density at radius 2 is 1.13 bits per heavy atom. The third-order valence-corrected chi connectivity index (χ3v) is 25.5. The summed E-state index contributed by atoms with van der Waals surface area (Å²) in [6.45, 7) is 16.7. The Morgan fingerprint density at radius 1 is 0.581 bits per heavy atom. The molecule has 3 aromatic carbocycles. The van der Waals surface area contributed by atoms with Crippen molar-refractivity contribution in [3.8, 4) is 5.75 Å². The summed E-state index contributed by atoms with van der Waals surface area (Å²) in [5, 5.41) is 49.9. The number of aromatic amines is 2. The van der Waals surface area contributed by atoms with Gasteiger partial charge in [-0.2, -0.15) is 0 Å². The number of nitrogens with one attached hydrogen (secondary N) is 12. The van der Waals surface area contributed by atoms with E-state index in [1.807, 2.05) is 44.2 Å². The second-order valence-electron chi connectivity index (χ2n) is 37.3. The SMILES string of the molecule is CCCC[C@H]1C(=O)N(C)[C@@H](CCCC)C(=O)N[C@@H](CC(C)C)C(=O)N[C@H](C(=O)NCC(=O)NCCC(=O)OC(C)(C)C)CSCC(=O)N[C@@H](Cc2ccc(O)cc2)C(=O)N(C)[C@@H](C)C(=O)N[C@@H](CC(N)=O)C(=O)N2CCC[C@H]2C(=O)N[C@@H](CC)C(=O)N[C@@H](CC(C)C)C(=O)N2C[C@H](O)C[C@H]2C(=O)C[C@@H](Cc2c[nH]c3ccccc23)C(=O)NCC(=O)NC(Cc2c[nH]c3ccccc23)C(=O)N1C. The number of phenolic OH excluding ortho intramolecular Hbond substituents is 1. The van der Waals surface area contributed by atoms with Crippen molar-refractivity contribution in [1.82, 2.24) is 87.6 Å². The third kappa shape index (κ3) is 31.5. The summed E-state index contributed by atoms with van der Waals surface area (Å²) in [7, 11) is 4.04. The van der Waals surface area contributed by atoms with Crippen molar-refractivity contribution >= 4 is 140 Å². The second-order valence-corrected chi connectivity index (χ2v) is 38.3. The Kier molecular flexibility index (Phi) is 41.2. The van der Waals surface area contributed by atoms with E-state index >= 15 is 33.6 Å². The lowest BCUT2D eigenvalue weighted by Gasteiger charge is -2.36. The van der Waals surface area contributed by atoms with E-state index in [1.54, 1.807) is 86.0 Å². The third-order valence-electron chi connectivity index (χ3n) is 24.5. The number of unbranched alkanes of at least 4 members (excludes halogenated alkanes) is 2. The number of benzene rings is 3. The van der Waals surface area contributed by atoms with Crippen LogP contribution >= 0.6 is 11.8 Å². The number of nitrogens with zero attached hydrogens (tertiary/aromatic N) is 5. The van der Waals surface area contributed by atoms with E-state index in [4.69, 9.17) is 10.5 Å². The Bertz CT molecular complexity index is 5070. The molecule has 39 nitrogen and oxygen atoms in total. The van der Waals surface area contributed by atoms with Gasteiger partial charge in [-0.3, -0.25) is 86.3 Å². The van der Waals surface area contributed by atoms with E-state index in [9.17, 15) is 63.0 Å². The van der Waals surface area contributed by atoms with Crippen LogP contribution in [0, 0.1) is 17.8 Å². The predicted molar refractivity (Wildman–Crippen MR) is 508 cm³/mol. The zero-order valence-corrected chi connectivity index (χ0v) is 81.2. The quantitative estimate of drug-likeness (QED) is 0.0373. The summed E-state index contributed by atoms with van der Waals surface area (Å²) in [6, 6.07) is 2.91. The number of carbonyl (C=O) groups excluding carboxylic acids is 18. The van der Waals surface area contributed by atoms with Crippen molar-refractivity contribution in [2.45, 2.75) is 276 Å². The molecule has 3 fully saturated rings. The highest BCUT2D eigenvalue weighted by atomic mass is 32.2. The molecule has 2 aromatic heterocycles. The number of ether oxygens (including phenoxy) is 1. The number of aliphatic hydroxyl groups excluding tert-OH is 1. The summed E-state index contributed by atoms with van der Waals surface area (Å²) in [5.74, 6) is -17.8. The van der Waals surface area contributed by atoms with Crippen LogP contribution in [0.15, 0.2) is 85.2 Å². The van der Waals surface area contributed by atoms with Gasteiger partial charge in [0.1, 0.15) is 77.8 Å². The Hall–Kier alpha value is -12.5. The van der Waals surface area contributed by atoms with Gasteiger partial charge in [0.2, 0.25) is 94.5 Å². The Labute approximate surface area is 797 Å². The fraction of sp³-hybridized carbons (Fsp3) is 0.583. The van der Waals surface area contributed by atoms with Gasteiger partial charge in [-0.25, -0.2) is 0 Å². The summed E-state index contributed by atoms with van der Waals surface area (Å²) < 4.78 is 5.35. The van der Waals surface area contributed by atoms with E-state index in [0.29, 0.717) is 64.2 Å². The van der Waals surface area contributed by atoms with E-state index < -0.39 is 234 Å². The van der Waals surface area contributed by atoms with Crippen molar-refractivity contribution in [3.05, 3.63) is 102 Å². The molecule has 3 aliphatic rings. The average Bonchev–Trinajstić information content (AvgIpc) is 1.64. The maximum absolute atomic E-state index is 15.7. The molecule has 0 saturated carbocycles. The van der Waals surface area contributed by atoms with Gasteiger partial charge in [-0.05, 0) is 132 Å². The number of likely N-dealkylation sites (N-methyl/N-ethyl adjacent to an activating group) is 3. The first kappa shape index (κ1) is 109. The maximum Gasteiger partial charge on any atom is 0.308 e. The minimum atomic E-state index is -1.74. The molecule has 0 radical (unpaired) electrons. The Morgan fingerprint density at radius 3 is 1.74 bits per heavy atom. The molecule has 136 heavy (non-hydrogen) atoms. The van der Waals surface area contributed by atoms with Crippen molar-refractivity contribution in [2.75, 3.05) is 65.4 Å². The molecule has 3 saturated heterocycles. The normalized spacial score (nSPS) is 24.3. The minimum Gasteiger partial charge on any atom is -0.508 e. The summed E-state index contributed by atoms with van der Waals surface area (Å²) in [6.07, 6.45) is 1.85. The van der Waals surface area contributed by atoms with E-state index in [0.717, 1.165) is 26.5 Å². The average molecular weight is 1910 g/mol. The predicted octanol–water partition coefficient (Wildman–Crippen LogP) is 2.39. The first-order valence-corrected chi connectivity index (χ1v) is 48.1. The Balaban J connectivity index is 1.17. The number of nitrogens with two attached hydrogens (primary N) is 1. The van der Waals surface area contributed by atoms with Crippen molar-refractivity contribution in [1.29, 1.82) is 0 Å². The number of H-pyrrole nitrogens is 2. The summed E-state index contributed by atoms with van der Waals surface area (Å²) in [5.41, 5.74) is 7.91. The number of hydrogen-bond donors (Lipinski definition) is 15. The number of Topliss-reactive ketones (excluding diaryl/α,β-unsaturated/α-hetero) is 1. The summed E-state index contributed by atoms with van der Waals surface area (Å²) >= 11 is 0.798. The molecule has 14 atom stereocenters. The number of rotatable bonds is 25. The topological polar surface area (TPSA) is 551 Å². The molecule has 5 aromatic rings. The van der Waals surface area contributed by atoms with E-state index in [-0.39, 0.29) is 114 Å². The van der Waals surface area contributed by atoms with Gasteiger partial charge in [0.25, 0.3) is 0 Å². The molecular weight excluding hydrogens is 1770 g/mol. The van der Waals surface area contributed by atoms with Crippen LogP contribution in [0.3, 0.4) is 0 Å². The number of amides is 16. The smallest absolute Gasteiger partial charge is 0.308 e. The molecule has 0 bridgehead atoms. The highest BCUT2D eigenvalue weighted by molar-refractivity contribution is 8.00. The molecule has 5 heterocycles. The molecule has 3 aliphatic heterocycles. The maximum atomic E-state index is 15.7. The van der Waals surface area contributed by atoms with Gasteiger partial charge >= 0.3 is 5.97 Å². The number of aromatic hydroxyl groups is 1. The van der Waals surface area contributed by atoms with Crippen LogP contribution in [0.25, 0.3) is 21.8 Å². The first-order valence-electron chi connectivity index (χ1n) is 46.9. The van der Waals surface area contributed by atoms with Crippen LogP contribution in [-0.2, 0) is 110 Å². The molecule has 16 amide bonds. The van der Waals surface area contributed by atoms with Gasteiger partial charge in [0.05, 0.1) is 43.8 Å². The number of thioether (sulfide) groups is 1. The van der Waals surface area contributed by atoms with Crippen molar-refractivity contribution in [2.24, 2.45) is 23.5 Å². The molecule has 0 aliphatic carbocycles. The number of ketones is 1. The largest absolute Gasteiger partial charge is 0.508 e. The van der Waals surface area contributed by atoms with Crippen molar-refractivity contribution in [3.63, 3.8) is 0 Å². The standard InChI is InChI=1S/C96H138N18O21S/c1-15-18-29-74-89(128)106-68(39-54(4)5)88(127)109-73(86(125)102-49-80(119)98-37-36-83(122)135-96(9,10)11)52-136-53-82(121)104-70(41-57-32-34-61(115)35-33-57)91(130)110(12)56(8)84(123)107-72(46-79(97)118)93(132)113-38-24-31-75(113)90(129)105-65(17-3)87(126)108-69(40-55(6)7)94(133)114-51-62(116)45-77(114)78(117)44-58(42-59-47-99-66-27-22-20-25-63(59)66)85(124)101-50-81(120)103-71(43-60-48-100-67-28-23-21-26-64(60)67)92(131)112(14)76(30-19-16-2)95(134)111(74)13/h20-23,25-28,32-35,47-48,54-56,58,62,65,68-77,99-100,115-116H,15-19,24,29-31,36-46,49-53H2,1-14H3,(H2,97,118)(H,98,119)(H,101,124)(H,102,125)(H,103,120)(H,104,121)(H,105,129)(H,106,128)(H,107,123)(H,108,126)(H,109,127)/t56-,58+,62+,65-,68-,69-,70-,71?,72-,73-,74-,75-,76-,77-/m0/s1. The van der Waals surface area contributed by atoms with Crippen LogP contribution in [0.1, 0.15) is 189 Å². The second kappa shape index (κ2) is 51.4. The molecule has 8 rings (SSSR count). The summed E-state index contributed by atoms with van der Waals surface area (Å²) in [4.78, 5) is 275. The monoisotopic (exact) mass is 1910 g/mol. The van der Waals surface area contributed by atoms with Crippen LogP contribution in [-0.4, -0.2) is 301 Å². The van der Waals surface area contributed by atoms with E-state index in [2.05, 4.69) is 63.1 Å². The fourth-order valence-electron chi connectivity index (χ4n) is 17.1. The van der Waals surface area contributed by atoms with Gasteiger partial charge in [0.15, 0.2) is 5.78 Å². The number of carbonyl (C=O) groups is 18. The highest BCUT2D eigenvalue weighted by Gasteiger charge is 2.46. The molecule has 40 heteroatoms. The van der Waals surface area contributed by atoms with Crippen molar-refractivity contribution < 1.29 is 101 Å². The zero-order valence-electron chi connectivity index (χ0n) is 80.4. The van der Waals surface area contributed by atoms with Crippen LogP contribution in [0.5, 0.6) is 5.75 Å². The number of hydrogen-bond acceptors (Lipinski definition) is 22. The number of aromatic nitrogens is 2. The van der Waals surface area contributed by atoms with Gasteiger partial charge in [-0.1, -0.05) is 123 Å². The fourth-order valence-corrected chi connectivity index (χ4v) is 17.9. The van der Waals surface area contributed by atoms with Crippen LogP contribution in [0.2, 0.25) is 0 Å². The van der Waals surface area contributed by atoms with Crippen LogP contribution in [0.4, 0.5) is 0 Å². The lowest BCUT2D eigenvalue weighted by Crippen LogP contribution is -2.60. The van der Waals surface area contributed by atoms with Crippen LogP contribution < -0.4 is 58.9 Å². The number of esters is 1. The number of phenols is 1. The van der Waals surface area contributed by atoms with Gasteiger partial charge in [0, 0.05) is 112 Å². The number of primary amides is 1. The van der Waals surface area contributed by atoms with Gasteiger partial charge in [-0.15, -0.1) is 11.8 Å². The molecular formula is C96H138N18O21S. The zero-order chi connectivity index (χ0) is 100. The van der Waals surface area contributed by atoms with Gasteiger partial charge < -0.3 is 108 Å². The van der Waals surface area contributed by atoms with E-state index in [1.165, 1.54) is 62.1 Å². The number of fused-ring (bicyclic) bond motifs is 4. The molecule has 744 valence electrons. The number of para-hydroxylation sites is 2. The minimum absolute atomic E-state index is 0.00564. The first-order chi connectivity index (χ1) is 64.4.